The van der Waals surface area contributed by atoms with Crippen LogP contribution in [0.25, 0.3) is 0 Å². The Kier molecular flexibility index (Phi) is 6.84. The molecule has 1 amide bonds. The van der Waals surface area contributed by atoms with E-state index in [4.69, 9.17) is 9.15 Å². The molecular weight excluding hydrogens is 397 g/mol. The molecule has 1 saturated heterocycles. The van der Waals surface area contributed by atoms with Crippen molar-refractivity contribution in [3.63, 3.8) is 0 Å². The van der Waals surface area contributed by atoms with E-state index in [0.29, 0.717) is 25.3 Å². The highest BCUT2D eigenvalue weighted by Gasteiger charge is 2.28. The molecule has 0 bridgehead atoms. The molecule has 1 N–H and O–H groups in total. The standard InChI is InChI=1S/C24H26FN3O3/c25-20-9-4-5-10-21(20)27-12-14-28(15-13-27)22(23-11-6-16-30-23)17-26-24(29)31-18-19-7-2-1-3-8-19/h1-11,16,22H,12-15,17-18H2,(H,26,29)/t22-/m1/s1. The number of nitrogens with one attached hydrogen (secondary N) is 1. The lowest BCUT2D eigenvalue weighted by Crippen LogP contribution is -2.50. The predicted molar refractivity (Wildman–Crippen MR) is 116 cm³/mol. The second-order valence-electron chi connectivity index (χ2n) is 7.45. The normalized spacial score (nSPS) is 15.5. The van der Waals surface area contributed by atoms with E-state index in [1.54, 1.807) is 18.4 Å². The number of rotatable bonds is 7. The molecule has 4 rings (SSSR count). The van der Waals surface area contributed by atoms with Crippen LogP contribution in [0.3, 0.4) is 0 Å². The number of carbonyl (C=O) groups is 1. The summed E-state index contributed by atoms with van der Waals surface area (Å²) in [5.41, 5.74) is 1.56. The number of furan rings is 1. The molecule has 1 aliphatic heterocycles. The van der Waals surface area contributed by atoms with Crippen LogP contribution >= 0.6 is 0 Å². The fourth-order valence-electron chi connectivity index (χ4n) is 3.83. The van der Waals surface area contributed by atoms with Crippen molar-refractivity contribution in [1.82, 2.24) is 10.2 Å². The van der Waals surface area contributed by atoms with Crippen molar-refractivity contribution in [2.75, 3.05) is 37.6 Å². The fourth-order valence-corrected chi connectivity index (χ4v) is 3.83. The van der Waals surface area contributed by atoms with Gasteiger partial charge in [0, 0.05) is 32.7 Å². The number of amides is 1. The SMILES string of the molecule is O=C(NC[C@H](c1ccco1)N1CCN(c2ccccc2F)CC1)OCc1ccccc1. The first kappa shape index (κ1) is 20.9. The molecular formula is C24H26FN3O3. The molecule has 0 radical (unpaired) electrons. The molecule has 162 valence electrons. The van der Waals surface area contributed by atoms with Gasteiger partial charge in [0.1, 0.15) is 18.2 Å². The number of alkyl carbamates (subject to hydrolysis) is 1. The molecule has 1 aliphatic rings. The van der Waals surface area contributed by atoms with E-state index in [9.17, 15) is 9.18 Å². The minimum absolute atomic E-state index is 0.123. The summed E-state index contributed by atoms with van der Waals surface area (Å²) in [7, 11) is 0. The van der Waals surface area contributed by atoms with Crippen LogP contribution in [0.4, 0.5) is 14.9 Å². The summed E-state index contributed by atoms with van der Waals surface area (Å²) in [5, 5.41) is 2.85. The third kappa shape index (κ3) is 5.44. The number of ether oxygens (including phenoxy) is 1. The molecule has 0 aliphatic carbocycles. The van der Waals surface area contributed by atoms with Crippen molar-refractivity contribution in [2.24, 2.45) is 0 Å². The summed E-state index contributed by atoms with van der Waals surface area (Å²) in [6.45, 7) is 3.41. The Morgan fingerprint density at radius 2 is 1.74 bits per heavy atom. The zero-order chi connectivity index (χ0) is 21.5. The number of para-hydroxylation sites is 1. The number of benzene rings is 2. The van der Waals surface area contributed by atoms with Crippen molar-refractivity contribution in [2.45, 2.75) is 12.6 Å². The molecule has 2 aromatic carbocycles. The van der Waals surface area contributed by atoms with Crippen LogP contribution in [-0.2, 0) is 11.3 Å². The van der Waals surface area contributed by atoms with Gasteiger partial charge in [0.2, 0.25) is 0 Å². The van der Waals surface area contributed by atoms with Gasteiger partial charge in [-0.3, -0.25) is 4.90 Å². The summed E-state index contributed by atoms with van der Waals surface area (Å²) in [4.78, 5) is 16.5. The van der Waals surface area contributed by atoms with Crippen LogP contribution < -0.4 is 10.2 Å². The van der Waals surface area contributed by atoms with Gasteiger partial charge in [-0.1, -0.05) is 42.5 Å². The van der Waals surface area contributed by atoms with Crippen molar-refractivity contribution in [1.29, 1.82) is 0 Å². The Balaban J connectivity index is 1.33. The lowest BCUT2D eigenvalue weighted by Gasteiger charge is -2.39. The van der Waals surface area contributed by atoms with E-state index in [1.165, 1.54) is 6.07 Å². The van der Waals surface area contributed by atoms with Gasteiger partial charge in [-0.05, 0) is 29.8 Å². The molecule has 0 spiro atoms. The first-order valence-electron chi connectivity index (χ1n) is 10.4. The number of hydrogen-bond acceptors (Lipinski definition) is 5. The maximum Gasteiger partial charge on any atom is 0.407 e. The summed E-state index contributed by atoms with van der Waals surface area (Å²) in [5.74, 6) is 0.573. The number of halogens is 1. The molecule has 7 heteroatoms. The molecule has 0 saturated carbocycles. The van der Waals surface area contributed by atoms with E-state index in [-0.39, 0.29) is 18.5 Å². The van der Waals surface area contributed by atoms with E-state index in [1.807, 2.05) is 53.4 Å². The summed E-state index contributed by atoms with van der Waals surface area (Å²) >= 11 is 0. The van der Waals surface area contributed by atoms with E-state index >= 15 is 0 Å². The predicted octanol–water partition coefficient (Wildman–Crippen LogP) is 4.21. The minimum atomic E-state index is -0.467. The van der Waals surface area contributed by atoms with Gasteiger partial charge in [-0.15, -0.1) is 0 Å². The maximum absolute atomic E-state index is 14.1. The van der Waals surface area contributed by atoms with E-state index < -0.39 is 6.09 Å². The smallest absolute Gasteiger partial charge is 0.407 e. The molecule has 3 aromatic rings. The van der Waals surface area contributed by atoms with Crippen LogP contribution in [0.15, 0.2) is 77.4 Å². The Labute approximate surface area is 181 Å². The van der Waals surface area contributed by atoms with Gasteiger partial charge in [0.15, 0.2) is 0 Å². The zero-order valence-corrected chi connectivity index (χ0v) is 17.2. The number of piperazine rings is 1. The quantitative estimate of drug-likeness (QED) is 0.617. The summed E-state index contributed by atoms with van der Waals surface area (Å²) in [6.07, 6.45) is 1.16. The molecule has 1 fully saturated rings. The van der Waals surface area contributed by atoms with Gasteiger partial charge in [0.05, 0.1) is 18.0 Å². The lowest BCUT2D eigenvalue weighted by molar-refractivity contribution is 0.126. The van der Waals surface area contributed by atoms with Crippen LogP contribution in [-0.4, -0.2) is 43.7 Å². The van der Waals surface area contributed by atoms with Crippen molar-refractivity contribution >= 4 is 11.8 Å². The number of carbonyl (C=O) groups excluding carboxylic acids is 1. The van der Waals surface area contributed by atoms with E-state index in [2.05, 4.69) is 10.2 Å². The molecule has 6 nitrogen and oxygen atoms in total. The molecule has 31 heavy (non-hydrogen) atoms. The first-order valence-corrected chi connectivity index (χ1v) is 10.4. The highest BCUT2D eigenvalue weighted by atomic mass is 19.1. The topological polar surface area (TPSA) is 58.0 Å². The van der Waals surface area contributed by atoms with Crippen molar-refractivity contribution < 1.29 is 18.3 Å². The Hall–Kier alpha value is -3.32. The average Bonchev–Trinajstić information content (AvgIpc) is 3.34. The summed E-state index contributed by atoms with van der Waals surface area (Å²) < 4.78 is 25.1. The van der Waals surface area contributed by atoms with Crippen LogP contribution in [0.1, 0.15) is 17.4 Å². The fraction of sp³-hybridized carbons (Fsp3) is 0.292. The maximum atomic E-state index is 14.1. The second kappa shape index (κ2) is 10.1. The highest BCUT2D eigenvalue weighted by molar-refractivity contribution is 5.67. The average molecular weight is 423 g/mol. The number of nitrogens with zero attached hydrogens (tertiary/aromatic N) is 2. The lowest BCUT2D eigenvalue weighted by atomic mass is 10.1. The molecule has 2 heterocycles. The largest absolute Gasteiger partial charge is 0.468 e. The monoisotopic (exact) mass is 423 g/mol. The zero-order valence-electron chi connectivity index (χ0n) is 17.2. The highest BCUT2D eigenvalue weighted by Crippen LogP contribution is 2.25. The van der Waals surface area contributed by atoms with Crippen LogP contribution in [0.5, 0.6) is 0 Å². The Morgan fingerprint density at radius 1 is 1.00 bits per heavy atom. The van der Waals surface area contributed by atoms with Gasteiger partial charge in [0.25, 0.3) is 0 Å². The van der Waals surface area contributed by atoms with Crippen LogP contribution in [0, 0.1) is 5.82 Å². The second-order valence-corrected chi connectivity index (χ2v) is 7.45. The Morgan fingerprint density at radius 3 is 2.45 bits per heavy atom. The molecule has 1 aromatic heterocycles. The number of anilines is 1. The Bertz CT molecular complexity index is 957. The molecule has 1 atom stereocenters. The third-order valence-electron chi connectivity index (χ3n) is 5.47. The van der Waals surface area contributed by atoms with Gasteiger partial charge >= 0.3 is 6.09 Å². The first-order chi connectivity index (χ1) is 15.2. The van der Waals surface area contributed by atoms with Gasteiger partial charge in [-0.25, -0.2) is 9.18 Å². The molecule has 0 unspecified atom stereocenters. The van der Waals surface area contributed by atoms with Crippen LogP contribution in [0.2, 0.25) is 0 Å². The minimum Gasteiger partial charge on any atom is -0.468 e. The van der Waals surface area contributed by atoms with Gasteiger partial charge in [-0.2, -0.15) is 0 Å². The summed E-state index contributed by atoms with van der Waals surface area (Å²) in [6, 6.07) is 20.0. The van der Waals surface area contributed by atoms with E-state index in [0.717, 1.165) is 24.4 Å². The third-order valence-corrected chi connectivity index (χ3v) is 5.47. The number of hydrogen-bond donors (Lipinski definition) is 1. The van der Waals surface area contributed by atoms with Crippen molar-refractivity contribution in [3.05, 3.63) is 90.1 Å². The van der Waals surface area contributed by atoms with Gasteiger partial charge < -0.3 is 19.4 Å². The van der Waals surface area contributed by atoms with Crippen molar-refractivity contribution in [3.8, 4) is 0 Å².